The Labute approximate surface area is 89.0 Å². The van der Waals surface area contributed by atoms with E-state index in [0.717, 1.165) is 19.5 Å². The third-order valence-electron chi connectivity index (χ3n) is 2.42. The molecule has 0 spiro atoms. The summed E-state index contributed by atoms with van der Waals surface area (Å²) >= 11 is 0. The van der Waals surface area contributed by atoms with Gasteiger partial charge in [0.1, 0.15) is 0 Å². The first-order valence-electron chi connectivity index (χ1n) is 5.89. The number of allylic oxidation sites excluding steroid dienone is 1. The van der Waals surface area contributed by atoms with Crippen molar-refractivity contribution >= 4 is 0 Å². The Kier molecular flexibility index (Phi) is 10.5. The lowest BCUT2D eigenvalue weighted by Gasteiger charge is -2.15. The lowest BCUT2D eigenvalue weighted by atomic mass is 10.1. The van der Waals surface area contributed by atoms with Crippen molar-refractivity contribution in [1.29, 1.82) is 0 Å². The van der Waals surface area contributed by atoms with Crippen LogP contribution in [0.25, 0.3) is 0 Å². The zero-order valence-corrected chi connectivity index (χ0v) is 9.76. The molecule has 3 N–H and O–H groups in total. The molecule has 0 radical (unpaired) electrons. The first-order valence-corrected chi connectivity index (χ1v) is 5.89. The van der Waals surface area contributed by atoms with Gasteiger partial charge in [-0.1, -0.05) is 38.3 Å². The van der Waals surface area contributed by atoms with E-state index in [2.05, 4.69) is 31.3 Å². The van der Waals surface area contributed by atoms with Gasteiger partial charge in [0, 0.05) is 12.6 Å². The van der Waals surface area contributed by atoms with Crippen molar-refractivity contribution in [3.05, 3.63) is 12.2 Å². The highest BCUT2D eigenvalue weighted by Gasteiger charge is 2.03. The van der Waals surface area contributed by atoms with Crippen LogP contribution in [0, 0.1) is 0 Å². The van der Waals surface area contributed by atoms with Crippen molar-refractivity contribution in [2.75, 3.05) is 13.1 Å². The highest BCUT2D eigenvalue weighted by molar-refractivity contribution is 4.78. The van der Waals surface area contributed by atoms with Crippen molar-refractivity contribution in [2.24, 2.45) is 5.73 Å². The average molecular weight is 198 g/mol. The topological polar surface area (TPSA) is 38.0 Å². The molecular formula is C12H26N2. The van der Waals surface area contributed by atoms with Crippen molar-refractivity contribution in [1.82, 2.24) is 5.32 Å². The first-order chi connectivity index (χ1) is 6.85. The van der Waals surface area contributed by atoms with Crippen LogP contribution in [0.15, 0.2) is 12.2 Å². The van der Waals surface area contributed by atoms with Gasteiger partial charge >= 0.3 is 0 Å². The Morgan fingerprint density at radius 3 is 2.71 bits per heavy atom. The van der Waals surface area contributed by atoms with Gasteiger partial charge in [-0.3, -0.25) is 0 Å². The molecule has 1 atom stereocenters. The SMILES string of the molecule is C/C=C/CCNC(CN)CCCCC. The molecule has 0 saturated carbocycles. The van der Waals surface area contributed by atoms with Gasteiger partial charge in [-0.05, 0) is 26.3 Å². The van der Waals surface area contributed by atoms with E-state index in [1.54, 1.807) is 0 Å². The lowest BCUT2D eigenvalue weighted by molar-refractivity contribution is 0.469. The predicted octanol–water partition coefficient (Wildman–Crippen LogP) is 2.45. The van der Waals surface area contributed by atoms with Gasteiger partial charge in [0.15, 0.2) is 0 Å². The van der Waals surface area contributed by atoms with Crippen LogP contribution in [-0.2, 0) is 0 Å². The molecule has 0 bridgehead atoms. The van der Waals surface area contributed by atoms with E-state index < -0.39 is 0 Å². The minimum atomic E-state index is 0.520. The summed E-state index contributed by atoms with van der Waals surface area (Å²) in [5.74, 6) is 0. The van der Waals surface area contributed by atoms with Gasteiger partial charge in [0.2, 0.25) is 0 Å². The Hall–Kier alpha value is -0.340. The molecule has 0 aliphatic rings. The molecule has 2 nitrogen and oxygen atoms in total. The van der Waals surface area contributed by atoms with Gasteiger partial charge in [0.25, 0.3) is 0 Å². The molecule has 1 unspecified atom stereocenters. The molecule has 0 aromatic rings. The van der Waals surface area contributed by atoms with Crippen LogP contribution in [0.1, 0.15) is 46.0 Å². The number of hydrogen-bond donors (Lipinski definition) is 2. The van der Waals surface area contributed by atoms with Gasteiger partial charge in [-0.2, -0.15) is 0 Å². The second kappa shape index (κ2) is 10.7. The van der Waals surface area contributed by atoms with Gasteiger partial charge in [-0.25, -0.2) is 0 Å². The molecule has 14 heavy (non-hydrogen) atoms. The summed E-state index contributed by atoms with van der Waals surface area (Å²) in [7, 11) is 0. The van der Waals surface area contributed by atoms with Crippen LogP contribution < -0.4 is 11.1 Å². The minimum absolute atomic E-state index is 0.520. The maximum Gasteiger partial charge on any atom is 0.0190 e. The molecule has 0 heterocycles. The second-order valence-electron chi connectivity index (χ2n) is 3.74. The van der Waals surface area contributed by atoms with Gasteiger partial charge in [0.05, 0.1) is 0 Å². The molecule has 0 aliphatic carbocycles. The molecule has 0 aromatic carbocycles. The number of unbranched alkanes of at least 4 members (excludes halogenated alkanes) is 2. The maximum atomic E-state index is 5.69. The molecule has 0 rings (SSSR count). The standard InChI is InChI=1S/C12H26N2/c1-3-5-7-9-12(11-13)14-10-8-6-4-2/h4,6,12,14H,3,5,7-11,13H2,1-2H3/b6-4+. The quantitative estimate of drug-likeness (QED) is 0.441. The third-order valence-corrected chi connectivity index (χ3v) is 2.42. The molecule has 0 amide bonds. The van der Waals surface area contributed by atoms with Crippen LogP contribution >= 0.6 is 0 Å². The molecule has 84 valence electrons. The fraction of sp³-hybridized carbons (Fsp3) is 0.833. The summed E-state index contributed by atoms with van der Waals surface area (Å²) in [4.78, 5) is 0. The highest BCUT2D eigenvalue weighted by atomic mass is 14.9. The largest absolute Gasteiger partial charge is 0.329 e. The van der Waals surface area contributed by atoms with Crippen molar-refractivity contribution in [2.45, 2.75) is 52.0 Å². The summed E-state index contributed by atoms with van der Waals surface area (Å²) in [6.07, 6.45) is 10.5. The zero-order valence-electron chi connectivity index (χ0n) is 9.76. The number of nitrogens with one attached hydrogen (secondary N) is 1. The molecule has 0 fully saturated rings. The highest BCUT2D eigenvalue weighted by Crippen LogP contribution is 2.02. The molecular weight excluding hydrogens is 172 g/mol. The predicted molar refractivity (Wildman–Crippen MR) is 64.4 cm³/mol. The van der Waals surface area contributed by atoms with E-state index in [9.17, 15) is 0 Å². The van der Waals surface area contributed by atoms with E-state index in [1.165, 1.54) is 25.7 Å². The molecule has 0 aromatic heterocycles. The van der Waals surface area contributed by atoms with Gasteiger partial charge in [-0.15, -0.1) is 0 Å². The Morgan fingerprint density at radius 1 is 1.36 bits per heavy atom. The second-order valence-corrected chi connectivity index (χ2v) is 3.74. The van der Waals surface area contributed by atoms with E-state index in [-0.39, 0.29) is 0 Å². The Balaban J connectivity index is 3.37. The molecule has 2 heteroatoms. The monoisotopic (exact) mass is 198 g/mol. The fourth-order valence-corrected chi connectivity index (χ4v) is 1.48. The first kappa shape index (κ1) is 13.7. The van der Waals surface area contributed by atoms with E-state index in [1.807, 2.05) is 0 Å². The summed E-state index contributed by atoms with van der Waals surface area (Å²) in [5, 5.41) is 3.49. The summed E-state index contributed by atoms with van der Waals surface area (Å²) < 4.78 is 0. The molecule has 0 saturated heterocycles. The number of rotatable bonds is 9. The smallest absolute Gasteiger partial charge is 0.0190 e. The maximum absolute atomic E-state index is 5.69. The normalized spacial score (nSPS) is 13.6. The zero-order chi connectivity index (χ0) is 10.6. The molecule has 0 aliphatic heterocycles. The van der Waals surface area contributed by atoms with E-state index >= 15 is 0 Å². The summed E-state index contributed by atoms with van der Waals surface area (Å²) in [6, 6.07) is 0.520. The third kappa shape index (κ3) is 8.27. The summed E-state index contributed by atoms with van der Waals surface area (Å²) in [5.41, 5.74) is 5.69. The van der Waals surface area contributed by atoms with Crippen LogP contribution in [0.3, 0.4) is 0 Å². The fourth-order valence-electron chi connectivity index (χ4n) is 1.48. The Morgan fingerprint density at radius 2 is 2.14 bits per heavy atom. The Bertz CT molecular complexity index is 132. The van der Waals surface area contributed by atoms with E-state index in [0.29, 0.717) is 6.04 Å². The van der Waals surface area contributed by atoms with Crippen LogP contribution in [0.5, 0.6) is 0 Å². The van der Waals surface area contributed by atoms with E-state index in [4.69, 9.17) is 5.73 Å². The van der Waals surface area contributed by atoms with Gasteiger partial charge < -0.3 is 11.1 Å². The lowest BCUT2D eigenvalue weighted by Crippen LogP contribution is -2.36. The number of nitrogens with two attached hydrogens (primary N) is 1. The van der Waals surface area contributed by atoms with Crippen LogP contribution in [-0.4, -0.2) is 19.1 Å². The average Bonchev–Trinajstić information content (AvgIpc) is 2.22. The van der Waals surface area contributed by atoms with Crippen molar-refractivity contribution in [3.8, 4) is 0 Å². The van der Waals surface area contributed by atoms with Crippen LogP contribution in [0.2, 0.25) is 0 Å². The van der Waals surface area contributed by atoms with Crippen LogP contribution in [0.4, 0.5) is 0 Å². The van der Waals surface area contributed by atoms with Crippen molar-refractivity contribution < 1.29 is 0 Å². The summed E-state index contributed by atoms with van der Waals surface area (Å²) in [6.45, 7) is 6.11. The van der Waals surface area contributed by atoms with Crippen molar-refractivity contribution in [3.63, 3.8) is 0 Å². The number of hydrogen-bond acceptors (Lipinski definition) is 2. The minimum Gasteiger partial charge on any atom is -0.329 e.